The van der Waals surface area contributed by atoms with Gasteiger partial charge in [0.2, 0.25) is 0 Å². The predicted molar refractivity (Wildman–Crippen MR) is 125 cm³/mol. The summed E-state index contributed by atoms with van der Waals surface area (Å²) in [5.41, 5.74) is -3.56. The lowest BCUT2D eigenvalue weighted by Gasteiger charge is -2.14. The third-order valence-corrected chi connectivity index (χ3v) is 5.70. The van der Waals surface area contributed by atoms with Crippen LogP contribution in [0.15, 0.2) is 78.3 Å². The van der Waals surface area contributed by atoms with Crippen molar-refractivity contribution in [3.05, 3.63) is 108 Å². The quantitative estimate of drug-likeness (QED) is 0.361. The molecule has 5 aromatic rings. The number of nitrogens with zero attached hydrogens (tertiary/aromatic N) is 4. The molecule has 0 aliphatic rings. The molecule has 2 aromatic carbocycles. The number of hydrogen-bond donors (Lipinski definition) is 0. The molecule has 0 saturated carbocycles. The van der Waals surface area contributed by atoms with Crippen molar-refractivity contribution in [2.45, 2.75) is 6.54 Å². The number of ether oxygens (including phenoxy) is 1. The van der Waals surface area contributed by atoms with Crippen LogP contribution in [-0.2, 0) is 13.6 Å². The summed E-state index contributed by atoms with van der Waals surface area (Å²) in [6, 6.07) is 11.8. The number of halogens is 1. The summed E-state index contributed by atoms with van der Waals surface area (Å²) < 4.78 is 28.2. The molecule has 3 aromatic heterocycles. The molecule has 5 rings (SSSR count). The zero-order valence-corrected chi connectivity index (χ0v) is 18.5. The highest BCUT2D eigenvalue weighted by Crippen LogP contribution is 2.21. The lowest BCUT2D eigenvalue weighted by Crippen LogP contribution is -2.39. The molecule has 0 aliphatic heterocycles. The summed E-state index contributed by atoms with van der Waals surface area (Å²) in [7, 11) is 2.92. The van der Waals surface area contributed by atoms with Gasteiger partial charge in [0.05, 0.1) is 30.2 Å². The van der Waals surface area contributed by atoms with Crippen molar-refractivity contribution in [2.75, 3.05) is 7.11 Å². The Morgan fingerprint density at radius 3 is 2.49 bits per heavy atom. The first kappa shape index (κ1) is 22.0. The molecule has 0 saturated heterocycles. The van der Waals surface area contributed by atoms with Crippen LogP contribution in [0.3, 0.4) is 0 Å². The van der Waals surface area contributed by atoms with Crippen LogP contribution in [0.2, 0.25) is 0 Å². The van der Waals surface area contributed by atoms with Gasteiger partial charge >= 0.3 is 16.9 Å². The van der Waals surface area contributed by atoms with E-state index in [9.17, 15) is 19.2 Å². The highest BCUT2D eigenvalue weighted by Gasteiger charge is 2.20. The van der Waals surface area contributed by atoms with Gasteiger partial charge < -0.3 is 9.15 Å². The normalized spacial score (nSPS) is 11.3. The van der Waals surface area contributed by atoms with Crippen LogP contribution in [-0.4, -0.2) is 25.8 Å². The molecule has 0 fully saturated rings. The summed E-state index contributed by atoms with van der Waals surface area (Å²) in [6.07, 6.45) is 1.43. The van der Waals surface area contributed by atoms with Crippen molar-refractivity contribution in [1.29, 1.82) is 0 Å². The van der Waals surface area contributed by atoms with Crippen molar-refractivity contribution in [3.8, 4) is 11.4 Å². The van der Waals surface area contributed by atoms with Gasteiger partial charge in [0.15, 0.2) is 11.4 Å². The lowest BCUT2D eigenvalue weighted by molar-refractivity contribution is 0.414. The van der Waals surface area contributed by atoms with E-state index in [1.165, 1.54) is 32.5 Å². The average Bonchev–Trinajstić information content (AvgIpc) is 2.86. The first-order chi connectivity index (χ1) is 16.8. The van der Waals surface area contributed by atoms with Crippen molar-refractivity contribution >= 4 is 22.1 Å². The van der Waals surface area contributed by atoms with E-state index in [4.69, 9.17) is 9.15 Å². The number of hydrogen-bond acceptors (Lipinski definition) is 7. The smallest absolute Gasteiger partial charge is 0.402 e. The molecule has 10 nitrogen and oxygen atoms in total. The van der Waals surface area contributed by atoms with Crippen LogP contribution in [0, 0.1) is 5.82 Å². The van der Waals surface area contributed by atoms with E-state index in [1.807, 2.05) is 0 Å². The van der Waals surface area contributed by atoms with E-state index in [0.717, 1.165) is 21.3 Å². The highest BCUT2D eigenvalue weighted by atomic mass is 19.1. The Balaban J connectivity index is 1.80. The van der Waals surface area contributed by atoms with Crippen molar-refractivity contribution < 1.29 is 13.5 Å². The van der Waals surface area contributed by atoms with E-state index in [1.54, 1.807) is 24.3 Å². The maximum atomic E-state index is 15.2. The highest BCUT2D eigenvalue weighted by molar-refractivity contribution is 5.77. The van der Waals surface area contributed by atoms with Gasteiger partial charge in [-0.15, -0.1) is 0 Å². The summed E-state index contributed by atoms with van der Waals surface area (Å²) in [6.45, 7) is -0.0510. The van der Waals surface area contributed by atoms with Crippen LogP contribution in [0.5, 0.6) is 5.75 Å². The SMILES string of the molecule is COc1ccc(Cn2c(=O)c(=O)oc3cc(F)c(-n4c(=O)c5cccnc5n(C)c4=O)cc32)cc1. The maximum Gasteiger partial charge on any atom is 0.402 e. The summed E-state index contributed by atoms with van der Waals surface area (Å²) in [5.74, 6) is -0.387. The Labute approximate surface area is 194 Å². The standard InChI is InChI=1S/C24H17FN4O6/c1-27-20-15(4-3-9-26-20)21(30)29(24(27)33)17-11-18-19(10-16(17)25)35-23(32)22(31)28(18)12-13-5-7-14(34-2)8-6-13/h3-11H,12H2,1-2H3. The van der Waals surface area contributed by atoms with Crippen LogP contribution >= 0.6 is 0 Å². The van der Waals surface area contributed by atoms with E-state index in [2.05, 4.69) is 4.98 Å². The minimum atomic E-state index is -1.18. The minimum absolute atomic E-state index is 0.0297. The molecule has 35 heavy (non-hydrogen) atoms. The molecule has 0 atom stereocenters. The third kappa shape index (κ3) is 3.53. The Kier molecular flexibility index (Phi) is 5.16. The molecular weight excluding hydrogens is 459 g/mol. The second kappa shape index (κ2) is 8.20. The van der Waals surface area contributed by atoms with E-state index in [-0.39, 0.29) is 28.7 Å². The third-order valence-electron chi connectivity index (χ3n) is 5.70. The zero-order valence-electron chi connectivity index (χ0n) is 18.5. The van der Waals surface area contributed by atoms with E-state index >= 15 is 4.39 Å². The van der Waals surface area contributed by atoms with Crippen LogP contribution in [0.4, 0.5) is 4.39 Å². The second-order valence-corrected chi connectivity index (χ2v) is 7.76. The molecule has 0 amide bonds. The number of benzene rings is 2. The van der Waals surface area contributed by atoms with E-state index < -0.39 is 33.9 Å². The molecule has 3 heterocycles. The number of pyridine rings is 1. The van der Waals surface area contributed by atoms with Crippen LogP contribution < -0.4 is 27.2 Å². The Morgan fingerprint density at radius 1 is 1.03 bits per heavy atom. The summed E-state index contributed by atoms with van der Waals surface area (Å²) in [5, 5.41) is 0.101. The fourth-order valence-electron chi connectivity index (χ4n) is 3.92. The molecule has 0 spiro atoms. The topological polar surface area (TPSA) is 118 Å². The number of fused-ring (bicyclic) bond motifs is 2. The molecule has 0 radical (unpaired) electrons. The summed E-state index contributed by atoms with van der Waals surface area (Å²) >= 11 is 0. The van der Waals surface area contributed by atoms with E-state index in [0.29, 0.717) is 15.9 Å². The van der Waals surface area contributed by atoms with Gasteiger partial charge in [-0.25, -0.2) is 23.5 Å². The molecule has 0 aliphatic carbocycles. The monoisotopic (exact) mass is 476 g/mol. The largest absolute Gasteiger partial charge is 0.497 e. The van der Waals surface area contributed by atoms with Crippen molar-refractivity contribution in [3.63, 3.8) is 0 Å². The molecule has 11 heteroatoms. The predicted octanol–water partition coefficient (Wildman–Crippen LogP) is 1.55. The minimum Gasteiger partial charge on any atom is -0.497 e. The Hall–Kier alpha value is -4.80. The number of aromatic nitrogens is 4. The average molecular weight is 476 g/mol. The van der Waals surface area contributed by atoms with Crippen molar-refractivity contribution in [2.24, 2.45) is 7.05 Å². The van der Waals surface area contributed by atoms with Crippen LogP contribution in [0.25, 0.3) is 27.8 Å². The molecular formula is C24H17FN4O6. The molecule has 0 unspecified atom stereocenters. The first-order valence-corrected chi connectivity index (χ1v) is 10.4. The van der Waals surface area contributed by atoms with Gasteiger partial charge in [0.1, 0.15) is 11.4 Å². The number of rotatable bonds is 4. The number of aryl methyl sites for hydroxylation is 1. The van der Waals surface area contributed by atoms with Crippen LogP contribution in [0.1, 0.15) is 5.56 Å². The molecule has 0 N–H and O–H groups in total. The Morgan fingerprint density at radius 2 is 1.77 bits per heavy atom. The first-order valence-electron chi connectivity index (χ1n) is 10.4. The van der Waals surface area contributed by atoms with Gasteiger partial charge in [-0.1, -0.05) is 12.1 Å². The van der Waals surface area contributed by atoms with Crippen molar-refractivity contribution in [1.82, 2.24) is 18.7 Å². The second-order valence-electron chi connectivity index (χ2n) is 7.76. The van der Waals surface area contributed by atoms with Gasteiger partial charge in [-0.05, 0) is 35.9 Å². The fourth-order valence-corrected chi connectivity index (χ4v) is 3.92. The summed E-state index contributed by atoms with van der Waals surface area (Å²) in [4.78, 5) is 55.1. The van der Waals surface area contributed by atoms with Gasteiger partial charge in [-0.3, -0.25) is 18.7 Å². The maximum absolute atomic E-state index is 15.2. The van der Waals surface area contributed by atoms with Gasteiger partial charge in [-0.2, -0.15) is 0 Å². The van der Waals surface area contributed by atoms with Gasteiger partial charge in [0, 0.05) is 19.3 Å². The Bertz CT molecular complexity index is 1870. The molecule has 176 valence electrons. The zero-order chi connectivity index (χ0) is 24.9. The van der Waals surface area contributed by atoms with Gasteiger partial charge in [0.25, 0.3) is 5.56 Å². The molecule has 0 bridgehead atoms. The number of methoxy groups -OCH3 is 1. The fraction of sp³-hybridized carbons (Fsp3) is 0.125. The lowest BCUT2D eigenvalue weighted by atomic mass is 10.2.